The number of nitrogens with zero attached hydrogens (tertiary/aromatic N) is 2. The Kier molecular flexibility index (Phi) is 3.65. The van der Waals surface area contributed by atoms with E-state index in [9.17, 15) is 9.18 Å². The fourth-order valence-electron chi connectivity index (χ4n) is 1.63. The number of methoxy groups -OCH3 is 1. The molecule has 0 amide bonds. The number of hydrogen-bond acceptors (Lipinski definition) is 3. The maximum Gasteiger partial charge on any atom is 0.215 e. The van der Waals surface area contributed by atoms with E-state index < -0.39 is 0 Å². The number of carbonyl (C=O) groups excluding carboxylic acids is 1. The minimum Gasteiger partial charge on any atom is -0.493 e. The van der Waals surface area contributed by atoms with Crippen molar-refractivity contribution < 1.29 is 13.9 Å². The van der Waals surface area contributed by atoms with Crippen LogP contribution in [0.15, 0.2) is 24.4 Å². The van der Waals surface area contributed by atoms with Crippen molar-refractivity contribution in [2.24, 2.45) is 7.05 Å². The second kappa shape index (κ2) is 5.05. The highest BCUT2D eigenvalue weighted by Crippen LogP contribution is 2.23. The van der Waals surface area contributed by atoms with Crippen LogP contribution < -0.4 is 4.74 Å². The molecule has 94 valence electrons. The molecule has 0 radical (unpaired) electrons. The van der Waals surface area contributed by atoms with Gasteiger partial charge in [0.05, 0.1) is 13.3 Å². The van der Waals surface area contributed by atoms with Crippen LogP contribution >= 0.6 is 22.6 Å². The Bertz CT molecular complexity index is 610. The molecule has 0 atom stereocenters. The molecule has 0 N–H and O–H groups in total. The Morgan fingerprint density at radius 2 is 2.22 bits per heavy atom. The Morgan fingerprint density at radius 3 is 2.83 bits per heavy atom. The number of hydrogen-bond donors (Lipinski definition) is 0. The first-order valence-corrected chi connectivity index (χ1v) is 6.18. The molecular formula is C12H10FIN2O2. The van der Waals surface area contributed by atoms with Crippen molar-refractivity contribution in [3.05, 3.63) is 45.0 Å². The van der Waals surface area contributed by atoms with Crippen LogP contribution in [-0.2, 0) is 7.05 Å². The van der Waals surface area contributed by atoms with Gasteiger partial charge in [-0.2, -0.15) is 5.10 Å². The van der Waals surface area contributed by atoms with Crippen molar-refractivity contribution in [2.45, 2.75) is 0 Å². The summed E-state index contributed by atoms with van der Waals surface area (Å²) < 4.78 is 20.1. The molecule has 2 rings (SSSR count). The zero-order valence-electron chi connectivity index (χ0n) is 9.78. The average molecular weight is 360 g/mol. The highest BCUT2D eigenvalue weighted by Gasteiger charge is 2.21. The topological polar surface area (TPSA) is 44.1 Å². The van der Waals surface area contributed by atoms with Crippen molar-refractivity contribution >= 4 is 28.4 Å². The number of ketones is 1. The molecule has 0 spiro atoms. The van der Waals surface area contributed by atoms with E-state index >= 15 is 0 Å². The van der Waals surface area contributed by atoms with Gasteiger partial charge in [-0.3, -0.25) is 9.48 Å². The van der Waals surface area contributed by atoms with E-state index in [4.69, 9.17) is 4.74 Å². The summed E-state index contributed by atoms with van der Waals surface area (Å²) in [7, 11) is 3.13. The van der Waals surface area contributed by atoms with Crippen molar-refractivity contribution in [2.75, 3.05) is 7.11 Å². The number of aryl methyl sites for hydroxylation is 1. The molecule has 1 heterocycles. The van der Waals surface area contributed by atoms with Crippen LogP contribution in [0.4, 0.5) is 4.39 Å². The van der Waals surface area contributed by atoms with Gasteiger partial charge in [0.25, 0.3) is 0 Å². The first-order valence-electron chi connectivity index (χ1n) is 5.10. The first-order chi connectivity index (χ1) is 8.54. The van der Waals surface area contributed by atoms with Crippen molar-refractivity contribution in [1.29, 1.82) is 0 Å². The summed E-state index contributed by atoms with van der Waals surface area (Å²) in [6, 6.07) is 4.04. The molecule has 0 saturated carbocycles. The molecule has 0 aliphatic heterocycles. The molecule has 4 nitrogen and oxygen atoms in total. The van der Waals surface area contributed by atoms with E-state index in [-0.39, 0.29) is 11.6 Å². The molecule has 0 aliphatic carbocycles. The number of benzene rings is 1. The highest BCUT2D eigenvalue weighted by molar-refractivity contribution is 14.1. The van der Waals surface area contributed by atoms with E-state index in [0.29, 0.717) is 20.6 Å². The second-order valence-corrected chi connectivity index (χ2v) is 4.80. The Hall–Kier alpha value is -1.44. The second-order valence-electron chi connectivity index (χ2n) is 3.64. The van der Waals surface area contributed by atoms with E-state index in [2.05, 4.69) is 5.10 Å². The summed E-state index contributed by atoms with van der Waals surface area (Å²) in [5, 5.41) is 3.98. The summed E-state index contributed by atoms with van der Waals surface area (Å²) in [6.45, 7) is 0. The molecule has 0 saturated heterocycles. The molecule has 1 aromatic carbocycles. The quantitative estimate of drug-likeness (QED) is 0.624. The number of aromatic nitrogens is 2. The summed E-state index contributed by atoms with van der Waals surface area (Å²) in [5.41, 5.74) is 0.779. The van der Waals surface area contributed by atoms with Crippen molar-refractivity contribution in [3.8, 4) is 5.75 Å². The zero-order valence-corrected chi connectivity index (χ0v) is 11.9. The minimum absolute atomic E-state index is 0.240. The van der Waals surface area contributed by atoms with Gasteiger partial charge < -0.3 is 4.74 Å². The number of halogens is 2. The molecule has 2 aromatic rings. The van der Waals surface area contributed by atoms with Gasteiger partial charge in [-0.15, -0.1) is 0 Å². The molecule has 18 heavy (non-hydrogen) atoms. The standard InChI is InChI=1S/C12H10FIN2O2/c1-16-11(10(18-2)6-15-16)12(17)8-4-3-7(13)5-9(8)14/h3-6H,1-2H3. The summed E-state index contributed by atoms with van der Waals surface area (Å²) in [5.74, 6) is -0.202. The lowest BCUT2D eigenvalue weighted by atomic mass is 10.1. The molecular weight excluding hydrogens is 350 g/mol. The smallest absolute Gasteiger partial charge is 0.215 e. The van der Waals surface area contributed by atoms with E-state index in [1.807, 2.05) is 22.6 Å². The van der Waals surface area contributed by atoms with Crippen LogP contribution in [0.5, 0.6) is 5.75 Å². The third-order valence-electron chi connectivity index (χ3n) is 2.52. The highest BCUT2D eigenvalue weighted by atomic mass is 127. The SMILES string of the molecule is COc1cnn(C)c1C(=O)c1ccc(F)cc1I. The van der Waals surface area contributed by atoms with Crippen LogP contribution in [0.25, 0.3) is 0 Å². The average Bonchev–Trinajstić information content (AvgIpc) is 2.69. The third kappa shape index (κ3) is 2.24. The summed E-state index contributed by atoms with van der Waals surface area (Å²) in [4.78, 5) is 12.4. The number of rotatable bonds is 3. The normalized spacial score (nSPS) is 10.4. The Morgan fingerprint density at radius 1 is 1.50 bits per heavy atom. The van der Waals surface area contributed by atoms with E-state index in [1.54, 1.807) is 7.05 Å². The summed E-state index contributed by atoms with van der Waals surface area (Å²) in [6.07, 6.45) is 1.48. The molecule has 0 bridgehead atoms. The monoisotopic (exact) mass is 360 g/mol. The van der Waals surface area contributed by atoms with Gasteiger partial charge >= 0.3 is 0 Å². The molecule has 0 unspecified atom stereocenters. The van der Waals surface area contributed by atoms with Crippen molar-refractivity contribution in [3.63, 3.8) is 0 Å². The zero-order chi connectivity index (χ0) is 13.3. The maximum atomic E-state index is 13.0. The van der Waals surface area contributed by atoms with E-state index in [1.165, 1.54) is 36.2 Å². The summed E-state index contributed by atoms with van der Waals surface area (Å²) >= 11 is 1.93. The van der Waals surface area contributed by atoms with Gasteiger partial charge in [0, 0.05) is 16.2 Å². The van der Waals surface area contributed by atoms with E-state index in [0.717, 1.165) is 0 Å². The number of ether oxygens (including phenoxy) is 1. The van der Waals surface area contributed by atoms with Crippen LogP contribution in [0.3, 0.4) is 0 Å². The third-order valence-corrected chi connectivity index (χ3v) is 3.41. The molecule has 0 fully saturated rings. The predicted molar refractivity (Wildman–Crippen MR) is 72.3 cm³/mol. The fourth-order valence-corrected chi connectivity index (χ4v) is 2.35. The van der Waals surface area contributed by atoms with Crippen LogP contribution in [0.2, 0.25) is 0 Å². The predicted octanol–water partition coefficient (Wildman–Crippen LogP) is 2.40. The van der Waals surface area contributed by atoms with Gasteiger partial charge in [0.1, 0.15) is 5.82 Å². The van der Waals surface area contributed by atoms with Gasteiger partial charge in [-0.25, -0.2) is 4.39 Å². The molecule has 6 heteroatoms. The van der Waals surface area contributed by atoms with Crippen LogP contribution in [0.1, 0.15) is 16.1 Å². The molecule has 1 aromatic heterocycles. The van der Waals surface area contributed by atoms with Crippen molar-refractivity contribution in [1.82, 2.24) is 9.78 Å². The lowest BCUT2D eigenvalue weighted by molar-refractivity contribution is 0.102. The first kappa shape index (κ1) is 13.0. The van der Waals surface area contributed by atoms with Gasteiger partial charge in [0.2, 0.25) is 5.78 Å². The Balaban J connectivity index is 2.51. The fraction of sp³-hybridized carbons (Fsp3) is 0.167. The number of carbonyl (C=O) groups is 1. The molecule has 0 aliphatic rings. The Labute approximate surface area is 117 Å². The van der Waals surface area contributed by atoms with Gasteiger partial charge in [-0.1, -0.05) is 0 Å². The largest absolute Gasteiger partial charge is 0.493 e. The van der Waals surface area contributed by atoms with Gasteiger partial charge in [-0.05, 0) is 40.8 Å². The van der Waals surface area contributed by atoms with Crippen LogP contribution in [-0.4, -0.2) is 22.7 Å². The maximum absolute atomic E-state index is 13.0. The minimum atomic E-state index is -0.368. The lowest BCUT2D eigenvalue weighted by Crippen LogP contribution is -2.11. The lowest BCUT2D eigenvalue weighted by Gasteiger charge is -2.06. The van der Waals surface area contributed by atoms with Gasteiger partial charge in [0.15, 0.2) is 11.4 Å². The van der Waals surface area contributed by atoms with Crippen LogP contribution in [0, 0.1) is 9.39 Å².